The van der Waals surface area contributed by atoms with E-state index in [1.807, 2.05) is 0 Å². The minimum Gasteiger partial charge on any atom is -0.486 e. The van der Waals surface area contributed by atoms with Crippen LogP contribution in [0.5, 0.6) is 11.5 Å². The molecule has 1 amide bonds. The zero-order chi connectivity index (χ0) is 12.3. The van der Waals surface area contributed by atoms with Crippen molar-refractivity contribution in [3.63, 3.8) is 0 Å². The Balaban J connectivity index is 2.19. The fourth-order valence-corrected chi connectivity index (χ4v) is 1.69. The topological polar surface area (TPSA) is 64.8 Å². The molecule has 0 spiro atoms. The summed E-state index contributed by atoms with van der Waals surface area (Å²) in [7, 11) is 1.73. The Morgan fingerprint density at radius 1 is 1.35 bits per heavy atom. The highest BCUT2D eigenvalue weighted by Crippen LogP contribution is 2.30. The van der Waals surface area contributed by atoms with Gasteiger partial charge in [0.05, 0.1) is 0 Å². The number of ether oxygens (including phenoxy) is 2. The average molecular weight is 236 g/mol. The van der Waals surface area contributed by atoms with Gasteiger partial charge < -0.3 is 20.1 Å². The van der Waals surface area contributed by atoms with Gasteiger partial charge in [0.25, 0.3) is 5.91 Å². The Labute approximate surface area is 100 Å². The van der Waals surface area contributed by atoms with Crippen LogP contribution >= 0.6 is 0 Å². The molecule has 5 heteroatoms. The van der Waals surface area contributed by atoms with Crippen LogP contribution in [0.4, 0.5) is 0 Å². The molecular formula is C12H16N2O3. The molecule has 0 saturated carbocycles. The van der Waals surface area contributed by atoms with Gasteiger partial charge in [-0.05, 0) is 18.2 Å². The van der Waals surface area contributed by atoms with Crippen molar-refractivity contribution in [2.75, 3.05) is 33.4 Å². The van der Waals surface area contributed by atoms with Crippen LogP contribution < -0.4 is 15.2 Å². The number of carbonyl (C=O) groups is 1. The number of hydrogen-bond acceptors (Lipinski definition) is 4. The molecule has 1 aliphatic rings. The largest absolute Gasteiger partial charge is 0.486 e. The number of rotatable bonds is 3. The normalized spacial score (nSPS) is 13.3. The summed E-state index contributed by atoms with van der Waals surface area (Å²) in [4.78, 5) is 13.6. The number of amides is 1. The van der Waals surface area contributed by atoms with Gasteiger partial charge in [0.2, 0.25) is 0 Å². The predicted octanol–water partition coefficient (Wildman–Crippen LogP) is 0.488. The molecule has 92 valence electrons. The van der Waals surface area contributed by atoms with Crippen LogP contribution in [0.3, 0.4) is 0 Å². The lowest BCUT2D eigenvalue weighted by Crippen LogP contribution is -2.31. The third-order valence-electron chi connectivity index (χ3n) is 2.60. The Hall–Kier alpha value is -1.75. The SMILES string of the molecule is CN(CCN)C(=O)c1ccc2c(c1)OCCO2. The molecular weight excluding hydrogens is 220 g/mol. The molecule has 17 heavy (non-hydrogen) atoms. The third-order valence-corrected chi connectivity index (χ3v) is 2.60. The molecule has 1 heterocycles. The predicted molar refractivity (Wildman–Crippen MR) is 63.4 cm³/mol. The number of nitrogens with zero attached hydrogens (tertiary/aromatic N) is 1. The molecule has 1 aromatic carbocycles. The molecule has 5 nitrogen and oxygen atoms in total. The average Bonchev–Trinajstić information content (AvgIpc) is 2.37. The van der Waals surface area contributed by atoms with E-state index in [1.165, 1.54) is 0 Å². The molecule has 2 N–H and O–H groups in total. The van der Waals surface area contributed by atoms with E-state index in [0.717, 1.165) is 0 Å². The monoisotopic (exact) mass is 236 g/mol. The van der Waals surface area contributed by atoms with E-state index in [-0.39, 0.29) is 5.91 Å². The van der Waals surface area contributed by atoms with Crippen molar-refractivity contribution in [2.24, 2.45) is 5.73 Å². The van der Waals surface area contributed by atoms with Gasteiger partial charge in [-0.15, -0.1) is 0 Å². The van der Waals surface area contributed by atoms with Crippen LogP contribution in [0.2, 0.25) is 0 Å². The molecule has 0 aliphatic carbocycles. The highest BCUT2D eigenvalue weighted by molar-refractivity contribution is 5.94. The summed E-state index contributed by atoms with van der Waals surface area (Å²) >= 11 is 0. The molecule has 0 aromatic heterocycles. The summed E-state index contributed by atoms with van der Waals surface area (Å²) in [6, 6.07) is 5.21. The van der Waals surface area contributed by atoms with Crippen molar-refractivity contribution in [3.05, 3.63) is 23.8 Å². The van der Waals surface area contributed by atoms with Gasteiger partial charge in [-0.3, -0.25) is 4.79 Å². The quantitative estimate of drug-likeness (QED) is 0.829. The molecule has 0 bridgehead atoms. The zero-order valence-corrected chi connectivity index (χ0v) is 9.81. The van der Waals surface area contributed by atoms with E-state index < -0.39 is 0 Å². The van der Waals surface area contributed by atoms with Gasteiger partial charge in [0.15, 0.2) is 11.5 Å². The van der Waals surface area contributed by atoms with Crippen molar-refractivity contribution < 1.29 is 14.3 Å². The number of benzene rings is 1. The van der Waals surface area contributed by atoms with E-state index in [0.29, 0.717) is 43.4 Å². The van der Waals surface area contributed by atoms with Gasteiger partial charge in [0, 0.05) is 25.7 Å². The van der Waals surface area contributed by atoms with Crippen LogP contribution in [0.15, 0.2) is 18.2 Å². The summed E-state index contributed by atoms with van der Waals surface area (Å²) < 4.78 is 10.8. The Kier molecular flexibility index (Phi) is 3.49. The van der Waals surface area contributed by atoms with Gasteiger partial charge in [-0.2, -0.15) is 0 Å². The molecule has 0 unspecified atom stereocenters. The first-order valence-electron chi connectivity index (χ1n) is 5.57. The van der Waals surface area contributed by atoms with Gasteiger partial charge >= 0.3 is 0 Å². The summed E-state index contributed by atoms with van der Waals surface area (Å²) in [5.74, 6) is 1.25. The van der Waals surface area contributed by atoms with Crippen molar-refractivity contribution in [2.45, 2.75) is 0 Å². The van der Waals surface area contributed by atoms with Crippen molar-refractivity contribution in [1.29, 1.82) is 0 Å². The molecule has 1 aliphatic heterocycles. The first-order valence-corrected chi connectivity index (χ1v) is 5.57. The maximum Gasteiger partial charge on any atom is 0.253 e. The molecule has 2 rings (SSSR count). The Morgan fingerprint density at radius 3 is 2.76 bits per heavy atom. The lowest BCUT2D eigenvalue weighted by atomic mass is 10.1. The minimum absolute atomic E-state index is 0.0626. The van der Waals surface area contributed by atoms with Gasteiger partial charge in [-0.1, -0.05) is 0 Å². The van der Waals surface area contributed by atoms with Gasteiger partial charge in [0.1, 0.15) is 13.2 Å². The molecule has 1 aromatic rings. The summed E-state index contributed by atoms with van der Waals surface area (Å²) in [5, 5.41) is 0. The molecule has 0 fully saturated rings. The number of nitrogens with two attached hydrogens (primary N) is 1. The third kappa shape index (κ3) is 2.50. The van der Waals surface area contributed by atoms with Crippen molar-refractivity contribution in [3.8, 4) is 11.5 Å². The van der Waals surface area contributed by atoms with E-state index in [9.17, 15) is 4.79 Å². The second kappa shape index (κ2) is 5.05. The Morgan fingerprint density at radius 2 is 2.06 bits per heavy atom. The molecule has 0 saturated heterocycles. The summed E-state index contributed by atoms with van der Waals surface area (Å²) in [6.07, 6.45) is 0. The number of carbonyl (C=O) groups excluding carboxylic acids is 1. The smallest absolute Gasteiger partial charge is 0.253 e. The zero-order valence-electron chi connectivity index (χ0n) is 9.81. The van der Waals surface area contributed by atoms with Crippen LogP contribution in [-0.2, 0) is 0 Å². The van der Waals surface area contributed by atoms with Gasteiger partial charge in [-0.25, -0.2) is 0 Å². The summed E-state index contributed by atoms with van der Waals surface area (Å²) in [6.45, 7) is 2.05. The standard InChI is InChI=1S/C12H16N2O3/c1-14(5-4-13)12(15)9-2-3-10-11(8-9)17-7-6-16-10/h2-3,8H,4-7,13H2,1H3. The first kappa shape index (κ1) is 11.7. The minimum atomic E-state index is -0.0626. The lowest BCUT2D eigenvalue weighted by molar-refractivity contribution is 0.0798. The highest BCUT2D eigenvalue weighted by atomic mass is 16.6. The maximum atomic E-state index is 12.0. The molecule has 0 atom stereocenters. The number of likely N-dealkylation sites (N-methyl/N-ethyl adjacent to an activating group) is 1. The fraction of sp³-hybridized carbons (Fsp3) is 0.417. The highest BCUT2D eigenvalue weighted by Gasteiger charge is 2.16. The van der Waals surface area contributed by atoms with Crippen molar-refractivity contribution >= 4 is 5.91 Å². The second-order valence-corrected chi connectivity index (χ2v) is 3.87. The van der Waals surface area contributed by atoms with E-state index in [4.69, 9.17) is 15.2 Å². The first-order chi connectivity index (χ1) is 8.22. The van der Waals surface area contributed by atoms with Crippen LogP contribution in [0.25, 0.3) is 0 Å². The maximum absolute atomic E-state index is 12.0. The Bertz CT molecular complexity index is 420. The second-order valence-electron chi connectivity index (χ2n) is 3.87. The summed E-state index contributed by atoms with van der Waals surface area (Å²) in [5.41, 5.74) is 6.01. The van der Waals surface area contributed by atoms with Crippen molar-refractivity contribution in [1.82, 2.24) is 4.90 Å². The number of fused-ring (bicyclic) bond motifs is 1. The van der Waals surface area contributed by atoms with E-state index in [2.05, 4.69) is 0 Å². The fourth-order valence-electron chi connectivity index (χ4n) is 1.69. The van der Waals surface area contributed by atoms with Crippen LogP contribution in [0.1, 0.15) is 10.4 Å². The lowest BCUT2D eigenvalue weighted by Gasteiger charge is -2.20. The van der Waals surface area contributed by atoms with E-state index in [1.54, 1.807) is 30.1 Å². The number of hydrogen-bond donors (Lipinski definition) is 1. The van der Waals surface area contributed by atoms with Crippen LogP contribution in [0, 0.1) is 0 Å². The van der Waals surface area contributed by atoms with E-state index >= 15 is 0 Å². The van der Waals surface area contributed by atoms with Crippen LogP contribution in [-0.4, -0.2) is 44.2 Å². The molecule has 0 radical (unpaired) electrons.